The number of ether oxygens (including phenoxy) is 1. The summed E-state index contributed by atoms with van der Waals surface area (Å²) < 4.78 is 5.18. The Bertz CT molecular complexity index is 151. The van der Waals surface area contributed by atoms with Crippen LogP contribution in [0.2, 0.25) is 0 Å². The Kier molecular flexibility index (Phi) is 2.21. The third-order valence-electron chi connectivity index (χ3n) is 1.64. The van der Waals surface area contributed by atoms with Crippen molar-refractivity contribution in [1.29, 1.82) is 0 Å². The number of esters is 1. The van der Waals surface area contributed by atoms with Crippen LogP contribution >= 0.6 is 0 Å². The van der Waals surface area contributed by atoms with Gasteiger partial charge in [0.15, 0.2) is 0 Å². The molecule has 0 aromatic carbocycles. The van der Waals surface area contributed by atoms with Crippen LogP contribution in [0.5, 0.6) is 0 Å². The van der Waals surface area contributed by atoms with Gasteiger partial charge in [0.05, 0.1) is 5.92 Å². The molecule has 11 heavy (non-hydrogen) atoms. The number of rotatable bonds is 1. The average Bonchev–Trinajstić information content (AvgIpc) is 1.50. The molecule has 1 fully saturated rings. The van der Waals surface area contributed by atoms with E-state index in [0.29, 0.717) is 0 Å². The molecule has 2 heteroatoms. The first-order valence-electron chi connectivity index (χ1n) is 4.03. The summed E-state index contributed by atoms with van der Waals surface area (Å²) in [6, 6.07) is 0. The van der Waals surface area contributed by atoms with Crippen LogP contribution in [0.25, 0.3) is 0 Å². The van der Waals surface area contributed by atoms with E-state index in [9.17, 15) is 4.79 Å². The monoisotopic (exact) mass is 155 g/mol. The highest BCUT2D eigenvalue weighted by molar-refractivity contribution is 5.74. The van der Waals surface area contributed by atoms with E-state index in [1.807, 2.05) is 20.8 Å². The van der Waals surface area contributed by atoms with Crippen LogP contribution in [0.15, 0.2) is 0 Å². The first-order chi connectivity index (χ1) is 4.99. The zero-order chi connectivity index (χ0) is 8.48. The van der Waals surface area contributed by atoms with Gasteiger partial charge in [-0.05, 0) is 40.0 Å². The van der Waals surface area contributed by atoms with Crippen molar-refractivity contribution in [1.82, 2.24) is 0 Å². The lowest BCUT2D eigenvalue weighted by molar-refractivity contribution is -0.161. The van der Waals surface area contributed by atoms with Gasteiger partial charge in [0, 0.05) is 0 Å². The van der Waals surface area contributed by atoms with Gasteiger partial charge in [-0.2, -0.15) is 0 Å². The normalized spacial score (nSPS) is 19.2. The van der Waals surface area contributed by atoms with Gasteiger partial charge in [-0.3, -0.25) is 4.79 Å². The highest BCUT2D eigenvalue weighted by atomic mass is 16.6. The predicted octanol–water partition coefficient (Wildman–Crippen LogP) is 1.94. The van der Waals surface area contributed by atoms with Crippen molar-refractivity contribution in [2.45, 2.75) is 39.2 Å². The van der Waals surface area contributed by atoms with E-state index in [4.69, 9.17) is 4.74 Å². The van der Waals surface area contributed by atoms with Crippen LogP contribution in [0, 0.1) is 12.3 Å². The molecule has 0 bridgehead atoms. The van der Waals surface area contributed by atoms with Gasteiger partial charge in [-0.15, -0.1) is 0 Å². The summed E-state index contributed by atoms with van der Waals surface area (Å²) in [6.07, 6.45) is 3.90. The Balaban J connectivity index is 2.31. The van der Waals surface area contributed by atoms with Gasteiger partial charge in [0.1, 0.15) is 5.60 Å². The molecule has 1 rings (SSSR count). The van der Waals surface area contributed by atoms with Gasteiger partial charge in [-0.1, -0.05) is 0 Å². The first-order valence-corrected chi connectivity index (χ1v) is 4.03. The van der Waals surface area contributed by atoms with E-state index in [0.717, 1.165) is 12.8 Å². The zero-order valence-electron chi connectivity index (χ0n) is 7.39. The van der Waals surface area contributed by atoms with E-state index in [-0.39, 0.29) is 17.5 Å². The smallest absolute Gasteiger partial charge is 0.309 e. The highest BCUT2D eigenvalue weighted by Gasteiger charge is 2.29. The van der Waals surface area contributed by atoms with Crippen LogP contribution < -0.4 is 0 Å². The van der Waals surface area contributed by atoms with E-state index >= 15 is 0 Å². The van der Waals surface area contributed by atoms with Crippen molar-refractivity contribution in [3.63, 3.8) is 0 Å². The Labute approximate surface area is 67.9 Å². The summed E-state index contributed by atoms with van der Waals surface area (Å²) >= 11 is 0. The fraction of sp³-hybridized carbons (Fsp3) is 0.778. The van der Waals surface area contributed by atoms with Gasteiger partial charge in [-0.25, -0.2) is 0 Å². The van der Waals surface area contributed by atoms with E-state index < -0.39 is 0 Å². The summed E-state index contributed by atoms with van der Waals surface area (Å²) in [5.74, 6) is 0.106. The molecule has 1 saturated carbocycles. The minimum atomic E-state index is -0.327. The number of carbonyl (C=O) groups excluding carboxylic acids is 1. The van der Waals surface area contributed by atoms with Gasteiger partial charge < -0.3 is 4.74 Å². The molecule has 63 valence electrons. The van der Waals surface area contributed by atoms with Crippen LogP contribution in [-0.4, -0.2) is 11.6 Å². The molecule has 1 aliphatic rings. The summed E-state index contributed by atoms with van der Waals surface area (Å²) in [5, 5.41) is 0. The Morgan fingerprint density at radius 2 is 2.00 bits per heavy atom. The predicted molar refractivity (Wildman–Crippen MR) is 42.9 cm³/mol. The quantitative estimate of drug-likeness (QED) is 0.541. The molecule has 0 amide bonds. The maximum Gasteiger partial charge on any atom is 0.309 e. The molecule has 2 nitrogen and oxygen atoms in total. The SMILES string of the molecule is CC(C)(C)OC(=O)C1C[CH]C1. The standard InChI is InChI=1S/C9H15O2/c1-9(2,3)11-8(10)7-5-4-6-7/h4,7H,5-6H2,1-3H3. The molecule has 0 aromatic heterocycles. The van der Waals surface area contributed by atoms with Crippen molar-refractivity contribution in [3.05, 3.63) is 6.42 Å². The molecule has 0 atom stereocenters. The lowest BCUT2D eigenvalue weighted by Crippen LogP contribution is -2.32. The second kappa shape index (κ2) is 2.84. The summed E-state index contributed by atoms with van der Waals surface area (Å²) in [7, 11) is 0. The van der Waals surface area contributed by atoms with Crippen molar-refractivity contribution in [2.75, 3.05) is 0 Å². The van der Waals surface area contributed by atoms with Crippen LogP contribution in [0.3, 0.4) is 0 Å². The molecule has 0 heterocycles. The lowest BCUT2D eigenvalue weighted by atomic mass is 9.85. The fourth-order valence-electron chi connectivity index (χ4n) is 0.911. The molecule has 1 radical (unpaired) electrons. The van der Waals surface area contributed by atoms with Gasteiger partial charge >= 0.3 is 5.97 Å². The van der Waals surface area contributed by atoms with Crippen LogP contribution in [-0.2, 0) is 9.53 Å². The summed E-state index contributed by atoms with van der Waals surface area (Å²) in [4.78, 5) is 11.2. The maximum absolute atomic E-state index is 11.2. The highest BCUT2D eigenvalue weighted by Crippen LogP contribution is 2.27. The van der Waals surface area contributed by atoms with E-state index in [2.05, 4.69) is 6.42 Å². The zero-order valence-corrected chi connectivity index (χ0v) is 7.39. The number of hydrogen-bond acceptors (Lipinski definition) is 2. The lowest BCUT2D eigenvalue weighted by Gasteiger charge is -2.27. The molecule has 1 aliphatic carbocycles. The second-order valence-electron chi connectivity index (χ2n) is 3.99. The molecule has 0 unspecified atom stereocenters. The second-order valence-corrected chi connectivity index (χ2v) is 3.99. The summed E-state index contributed by atoms with van der Waals surface area (Å²) in [5.41, 5.74) is -0.327. The fourth-order valence-corrected chi connectivity index (χ4v) is 0.911. The molecular formula is C9H15O2. The van der Waals surface area contributed by atoms with Crippen molar-refractivity contribution in [2.24, 2.45) is 5.92 Å². The Morgan fingerprint density at radius 1 is 1.45 bits per heavy atom. The molecule has 0 spiro atoms. The van der Waals surface area contributed by atoms with Crippen molar-refractivity contribution < 1.29 is 9.53 Å². The van der Waals surface area contributed by atoms with Crippen LogP contribution in [0.4, 0.5) is 0 Å². The third-order valence-corrected chi connectivity index (χ3v) is 1.64. The molecule has 0 aliphatic heterocycles. The minimum Gasteiger partial charge on any atom is -0.460 e. The van der Waals surface area contributed by atoms with Gasteiger partial charge in [0.25, 0.3) is 0 Å². The van der Waals surface area contributed by atoms with Crippen molar-refractivity contribution in [3.8, 4) is 0 Å². The van der Waals surface area contributed by atoms with E-state index in [1.165, 1.54) is 0 Å². The maximum atomic E-state index is 11.2. The van der Waals surface area contributed by atoms with Crippen molar-refractivity contribution >= 4 is 5.97 Å². The summed E-state index contributed by atoms with van der Waals surface area (Å²) in [6.45, 7) is 5.69. The van der Waals surface area contributed by atoms with E-state index in [1.54, 1.807) is 0 Å². The largest absolute Gasteiger partial charge is 0.460 e. The molecule has 0 N–H and O–H groups in total. The van der Waals surface area contributed by atoms with Gasteiger partial charge in [0.2, 0.25) is 0 Å². The van der Waals surface area contributed by atoms with Crippen LogP contribution in [0.1, 0.15) is 33.6 Å². The number of carbonyl (C=O) groups is 1. The first kappa shape index (κ1) is 8.57. The Morgan fingerprint density at radius 3 is 2.27 bits per heavy atom. The minimum absolute atomic E-state index is 0.0417. The number of hydrogen-bond donors (Lipinski definition) is 0. The third kappa shape index (κ3) is 2.52. The molecule has 0 aromatic rings. The molecule has 0 saturated heterocycles. The molecular weight excluding hydrogens is 140 g/mol. The topological polar surface area (TPSA) is 26.3 Å². The average molecular weight is 155 g/mol. The Hall–Kier alpha value is -0.530.